The number of fused-ring (bicyclic) bond motifs is 6. The molecule has 0 radical (unpaired) electrons. The molecule has 5 heteroatoms. The first-order chi connectivity index (χ1) is 9.55. The molecule has 0 aromatic rings. The van der Waals surface area contributed by atoms with E-state index in [1.807, 2.05) is 6.92 Å². The number of epoxide rings is 1. The Kier molecular flexibility index (Phi) is 1.81. The Labute approximate surface area is 116 Å². The molecular formula is C15H17NO4. The minimum Gasteiger partial charge on any atom is -0.357 e. The molecule has 0 aromatic heterocycles. The molecule has 4 aliphatic carbocycles. The van der Waals surface area contributed by atoms with Gasteiger partial charge in [0.05, 0.1) is 12.0 Å². The summed E-state index contributed by atoms with van der Waals surface area (Å²) in [6, 6.07) is -0.601. The van der Waals surface area contributed by atoms with Gasteiger partial charge < -0.3 is 4.74 Å². The summed E-state index contributed by atoms with van der Waals surface area (Å²) >= 11 is 0. The van der Waals surface area contributed by atoms with Gasteiger partial charge in [-0.2, -0.15) is 0 Å². The van der Waals surface area contributed by atoms with Gasteiger partial charge in [-0.3, -0.25) is 14.9 Å². The van der Waals surface area contributed by atoms with Crippen molar-refractivity contribution in [2.75, 3.05) is 0 Å². The van der Waals surface area contributed by atoms with E-state index < -0.39 is 11.6 Å². The van der Waals surface area contributed by atoms with E-state index >= 15 is 0 Å². The SMILES string of the molecule is C[C@H]1C[C@@H]([N+](=O)[O-])[C@@H]2[C@@H]3[C@H](C(=O)[C@@]24O[C@@H]14)[C@@H]1C=C[C@H]3C1. The lowest BCUT2D eigenvalue weighted by atomic mass is 9.68. The van der Waals surface area contributed by atoms with E-state index in [2.05, 4.69) is 12.2 Å². The van der Waals surface area contributed by atoms with Gasteiger partial charge in [-0.25, -0.2) is 0 Å². The van der Waals surface area contributed by atoms with Gasteiger partial charge in [0, 0.05) is 17.3 Å². The van der Waals surface area contributed by atoms with Gasteiger partial charge >= 0.3 is 0 Å². The molecule has 2 bridgehead atoms. The number of ether oxygens (including phenoxy) is 1. The van der Waals surface area contributed by atoms with Crippen LogP contribution < -0.4 is 0 Å². The number of ketones is 1. The highest BCUT2D eigenvalue weighted by molar-refractivity contribution is 5.97. The first-order valence-corrected chi connectivity index (χ1v) is 7.59. The van der Waals surface area contributed by atoms with Gasteiger partial charge in [0.2, 0.25) is 6.04 Å². The normalized spacial score (nSPS) is 61.1. The standard InChI is InChI=1S/C15H17NO4/c1-6-4-9(16(18)19)12-10-7-2-3-8(5-7)11(10)13(17)15(12)14(6)20-15/h2-3,6-12,14H,4-5H2,1H3/t6-,7-,8+,9+,10-,11+,12+,14-,15-/m0/s1. The average Bonchev–Trinajstić information content (AvgIpc) is 2.71. The Morgan fingerprint density at radius 1 is 1.35 bits per heavy atom. The quantitative estimate of drug-likeness (QED) is 0.314. The van der Waals surface area contributed by atoms with Gasteiger partial charge in [0.25, 0.3) is 0 Å². The highest BCUT2D eigenvalue weighted by Crippen LogP contribution is 2.69. The van der Waals surface area contributed by atoms with Gasteiger partial charge in [-0.05, 0) is 30.1 Å². The molecule has 1 spiro atoms. The van der Waals surface area contributed by atoms with Crippen molar-refractivity contribution in [2.45, 2.75) is 37.5 Å². The molecule has 3 saturated carbocycles. The lowest BCUT2D eigenvalue weighted by Gasteiger charge is -2.32. The Morgan fingerprint density at radius 2 is 2.10 bits per heavy atom. The van der Waals surface area contributed by atoms with Gasteiger partial charge in [0.1, 0.15) is 0 Å². The van der Waals surface area contributed by atoms with Crippen molar-refractivity contribution in [2.24, 2.45) is 35.5 Å². The molecule has 0 unspecified atom stereocenters. The largest absolute Gasteiger partial charge is 0.357 e. The molecule has 5 nitrogen and oxygen atoms in total. The lowest BCUT2D eigenvalue weighted by Crippen LogP contribution is -2.49. The molecule has 4 fully saturated rings. The molecule has 1 saturated heterocycles. The maximum Gasteiger partial charge on any atom is 0.219 e. The second-order valence-corrected chi connectivity index (χ2v) is 7.34. The summed E-state index contributed by atoms with van der Waals surface area (Å²) in [5, 5.41) is 11.5. The number of Topliss-reactive ketones (excluding diaryl/α,β-unsaturated/α-hetero) is 1. The predicted molar refractivity (Wildman–Crippen MR) is 68.4 cm³/mol. The van der Waals surface area contributed by atoms with E-state index in [1.165, 1.54) is 0 Å². The molecular weight excluding hydrogens is 258 g/mol. The average molecular weight is 275 g/mol. The van der Waals surface area contributed by atoms with Crippen LogP contribution in [-0.4, -0.2) is 28.5 Å². The number of carbonyl (C=O) groups is 1. The second kappa shape index (κ2) is 3.16. The summed E-state index contributed by atoms with van der Waals surface area (Å²) in [6.45, 7) is 1.99. The maximum atomic E-state index is 12.9. The van der Waals surface area contributed by atoms with Crippen LogP contribution in [0, 0.1) is 45.6 Å². The van der Waals surface area contributed by atoms with Crippen molar-refractivity contribution in [3.05, 3.63) is 22.3 Å². The first kappa shape index (κ1) is 11.4. The fraction of sp³-hybridized carbons (Fsp3) is 0.800. The summed E-state index contributed by atoms with van der Waals surface area (Å²) in [5.41, 5.74) is -0.784. The highest BCUT2D eigenvalue weighted by Gasteiger charge is 2.83. The summed E-state index contributed by atoms with van der Waals surface area (Å²) in [7, 11) is 0. The maximum absolute atomic E-state index is 12.9. The van der Waals surface area contributed by atoms with Crippen molar-refractivity contribution in [3.8, 4) is 0 Å². The molecule has 0 aromatic carbocycles. The number of carbonyl (C=O) groups excluding carboxylic acids is 1. The molecule has 0 amide bonds. The molecule has 0 N–H and O–H groups in total. The van der Waals surface area contributed by atoms with E-state index in [9.17, 15) is 14.9 Å². The number of allylic oxidation sites excluding steroid dienone is 2. The minimum absolute atomic E-state index is 0.00671. The van der Waals surface area contributed by atoms with E-state index in [0.29, 0.717) is 18.3 Å². The minimum atomic E-state index is -0.784. The second-order valence-electron chi connectivity index (χ2n) is 7.34. The number of rotatable bonds is 1. The van der Waals surface area contributed by atoms with Crippen molar-refractivity contribution >= 4 is 5.78 Å². The van der Waals surface area contributed by atoms with Gasteiger partial charge in [-0.1, -0.05) is 19.1 Å². The molecule has 5 aliphatic rings. The van der Waals surface area contributed by atoms with Crippen LogP contribution in [0.25, 0.3) is 0 Å². The van der Waals surface area contributed by atoms with Crippen molar-refractivity contribution in [1.29, 1.82) is 0 Å². The van der Waals surface area contributed by atoms with Crippen LogP contribution in [0.1, 0.15) is 19.8 Å². The van der Waals surface area contributed by atoms with E-state index in [4.69, 9.17) is 4.74 Å². The van der Waals surface area contributed by atoms with Crippen LogP contribution in [0.3, 0.4) is 0 Å². The number of hydrogen-bond acceptors (Lipinski definition) is 4. The molecule has 5 rings (SSSR count). The lowest BCUT2D eigenvalue weighted by molar-refractivity contribution is -0.539. The fourth-order valence-electron chi connectivity index (χ4n) is 6.02. The van der Waals surface area contributed by atoms with E-state index in [1.54, 1.807) is 0 Å². The summed E-state index contributed by atoms with van der Waals surface area (Å²) < 4.78 is 5.87. The van der Waals surface area contributed by atoms with Crippen LogP contribution >= 0.6 is 0 Å². The van der Waals surface area contributed by atoms with Crippen LogP contribution in [0.15, 0.2) is 12.2 Å². The Balaban J connectivity index is 1.65. The summed E-state index contributed by atoms with van der Waals surface area (Å²) in [4.78, 5) is 24.3. The van der Waals surface area contributed by atoms with Crippen LogP contribution in [0.5, 0.6) is 0 Å². The summed E-state index contributed by atoms with van der Waals surface area (Å²) in [5.74, 6) is 0.946. The monoisotopic (exact) mass is 275 g/mol. The fourth-order valence-corrected chi connectivity index (χ4v) is 6.02. The smallest absolute Gasteiger partial charge is 0.219 e. The molecule has 9 atom stereocenters. The third-order valence-corrected chi connectivity index (χ3v) is 6.62. The van der Waals surface area contributed by atoms with E-state index in [-0.39, 0.29) is 40.5 Å². The Morgan fingerprint density at radius 3 is 2.85 bits per heavy atom. The van der Waals surface area contributed by atoms with Crippen molar-refractivity contribution in [1.82, 2.24) is 0 Å². The summed E-state index contributed by atoms with van der Waals surface area (Å²) in [6.07, 6.45) is 5.85. The zero-order valence-electron chi connectivity index (χ0n) is 11.3. The molecule has 20 heavy (non-hydrogen) atoms. The number of hydrogen-bond donors (Lipinski definition) is 0. The van der Waals surface area contributed by atoms with Crippen molar-refractivity contribution < 1.29 is 14.5 Å². The molecule has 106 valence electrons. The van der Waals surface area contributed by atoms with Crippen molar-refractivity contribution in [3.63, 3.8) is 0 Å². The number of nitrogens with zero attached hydrogens (tertiary/aromatic N) is 1. The first-order valence-electron chi connectivity index (χ1n) is 7.59. The van der Waals surface area contributed by atoms with Gasteiger partial charge in [0.15, 0.2) is 11.4 Å². The third kappa shape index (κ3) is 0.994. The molecule has 1 aliphatic heterocycles. The molecule has 1 heterocycles. The van der Waals surface area contributed by atoms with Crippen LogP contribution in [0.4, 0.5) is 0 Å². The van der Waals surface area contributed by atoms with Gasteiger partial charge in [-0.15, -0.1) is 0 Å². The Hall–Kier alpha value is -1.23. The zero-order valence-corrected chi connectivity index (χ0v) is 11.3. The Bertz CT molecular complexity index is 572. The number of nitro groups is 1. The van der Waals surface area contributed by atoms with E-state index in [0.717, 1.165) is 6.42 Å². The van der Waals surface area contributed by atoms with Crippen LogP contribution in [0.2, 0.25) is 0 Å². The predicted octanol–water partition coefficient (Wildman–Crippen LogP) is 1.45. The topological polar surface area (TPSA) is 72.7 Å². The van der Waals surface area contributed by atoms with Crippen LogP contribution in [-0.2, 0) is 9.53 Å². The third-order valence-electron chi connectivity index (χ3n) is 6.62. The zero-order chi connectivity index (χ0) is 13.8. The highest BCUT2D eigenvalue weighted by atomic mass is 16.6.